The van der Waals surface area contributed by atoms with Crippen molar-refractivity contribution < 1.29 is 37.8 Å². The highest BCUT2D eigenvalue weighted by molar-refractivity contribution is 6.80. The van der Waals surface area contributed by atoms with Crippen LogP contribution in [-0.2, 0) is 48.6 Å². The van der Waals surface area contributed by atoms with Crippen LogP contribution in [0.4, 0.5) is 10.5 Å². The van der Waals surface area contributed by atoms with Gasteiger partial charge in [-0.1, -0.05) is 160 Å². The van der Waals surface area contributed by atoms with Gasteiger partial charge in [0, 0.05) is 12.7 Å². The first-order chi connectivity index (χ1) is 28.1. The molecule has 0 saturated heterocycles. The van der Waals surface area contributed by atoms with Gasteiger partial charge in [0.25, 0.3) is 9.04 Å². The molecule has 0 aromatic heterocycles. The number of hydrogen-bond acceptors (Lipinski definition) is 8. The number of carbonyl (C=O) groups is 3. The lowest BCUT2D eigenvalue weighted by molar-refractivity contribution is -0.0126. The van der Waals surface area contributed by atoms with Gasteiger partial charge >= 0.3 is 18.0 Å². The van der Waals surface area contributed by atoms with Crippen molar-refractivity contribution in [2.45, 2.75) is 46.0 Å². The molecule has 58 heavy (non-hydrogen) atoms. The maximum Gasteiger partial charge on any atom is 0.411 e. The molecule has 0 bridgehead atoms. The van der Waals surface area contributed by atoms with Crippen LogP contribution in [0.5, 0.6) is 0 Å². The van der Waals surface area contributed by atoms with Crippen molar-refractivity contribution in [2.24, 2.45) is 0 Å². The molecule has 1 amide bonds. The molecule has 0 aliphatic carbocycles. The Bertz CT molecular complexity index is 2260. The van der Waals surface area contributed by atoms with Crippen molar-refractivity contribution in [1.82, 2.24) is 0 Å². The van der Waals surface area contributed by atoms with E-state index in [-0.39, 0.29) is 48.8 Å². The van der Waals surface area contributed by atoms with Crippen LogP contribution >= 0.6 is 0 Å². The second-order valence-corrected chi connectivity index (χ2v) is 16.6. The van der Waals surface area contributed by atoms with E-state index in [4.69, 9.17) is 23.4 Å². The van der Waals surface area contributed by atoms with Crippen LogP contribution in [-0.4, -0.2) is 41.0 Å². The van der Waals surface area contributed by atoms with Gasteiger partial charge in [0.15, 0.2) is 6.79 Å². The number of ether oxygens (including phenoxy) is 4. The largest absolute Gasteiger partial charge is 0.457 e. The summed E-state index contributed by atoms with van der Waals surface area (Å²) >= 11 is 0. The van der Waals surface area contributed by atoms with E-state index < -0.39 is 27.1 Å². The normalized spacial score (nSPS) is 11.2. The van der Waals surface area contributed by atoms with Crippen molar-refractivity contribution in [3.05, 3.63) is 185 Å². The smallest absolute Gasteiger partial charge is 0.411 e. The van der Waals surface area contributed by atoms with Crippen molar-refractivity contribution in [1.29, 1.82) is 0 Å². The van der Waals surface area contributed by atoms with Gasteiger partial charge in [0.1, 0.15) is 13.2 Å². The highest BCUT2D eigenvalue weighted by atomic mass is 28.3. The number of benzene rings is 6. The average molecular weight is 793 g/mol. The topological polar surface area (TPSA) is 109 Å². The highest BCUT2D eigenvalue weighted by Gasteiger charge is 2.29. The average Bonchev–Trinajstić information content (AvgIpc) is 3.25. The third kappa shape index (κ3) is 10.7. The second kappa shape index (κ2) is 19.7. The van der Waals surface area contributed by atoms with Gasteiger partial charge in [-0.05, 0) is 55.7 Å². The van der Waals surface area contributed by atoms with Gasteiger partial charge in [-0.15, -0.1) is 0 Å². The minimum absolute atomic E-state index is 0.0308. The molecule has 0 atom stereocenters. The van der Waals surface area contributed by atoms with Crippen LogP contribution in [0.15, 0.2) is 152 Å². The number of nitrogens with one attached hydrogen (secondary N) is 1. The number of carbonyl (C=O) groups excluding carboxylic acids is 3. The molecule has 0 spiro atoms. The zero-order valence-corrected chi connectivity index (χ0v) is 34.0. The molecule has 9 nitrogen and oxygen atoms in total. The van der Waals surface area contributed by atoms with E-state index in [1.54, 1.807) is 12.1 Å². The Morgan fingerprint density at radius 1 is 0.586 bits per heavy atom. The van der Waals surface area contributed by atoms with E-state index in [9.17, 15) is 14.4 Å². The van der Waals surface area contributed by atoms with E-state index in [0.717, 1.165) is 27.1 Å². The first-order valence-electron chi connectivity index (χ1n) is 18.9. The second-order valence-electron chi connectivity index (χ2n) is 14.5. The molecule has 0 aliphatic heterocycles. The Kier molecular flexibility index (Phi) is 14.0. The summed E-state index contributed by atoms with van der Waals surface area (Å²) in [7, 11) is -0.478. The molecule has 0 saturated carbocycles. The quantitative estimate of drug-likeness (QED) is 0.0476. The lowest BCUT2D eigenvalue weighted by atomic mass is 9.83. The molecule has 10 heteroatoms. The Morgan fingerprint density at radius 2 is 1.12 bits per heavy atom. The maximum absolute atomic E-state index is 14.4. The van der Waals surface area contributed by atoms with E-state index >= 15 is 0 Å². The Balaban J connectivity index is 1.48. The molecular formula is C48H46NO8Si. The van der Waals surface area contributed by atoms with Crippen LogP contribution < -0.4 is 15.7 Å². The number of esters is 2. The fourth-order valence-electron chi connectivity index (χ4n) is 6.30. The molecule has 295 valence electrons. The van der Waals surface area contributed by atoms with Gasteiger partial charge in [-0.3, -0.25) is 5.32 Å². The SMILES string of the molecule is COCOC(=O)c1c(-c2ccc(C(C)(C)C)cc2C(=O)OCc2ccccc2)ccc(NC(=O)OCc2ccccc2)c1CO[Si](c1ccccc1)c1ccccc1. The number of amides is 1. The minimum Gasteiger partial charge on any atom is -0.457 e. The zero-order chi connectivity index (χ0) is 40.9. The first-order valence-corrected chi connectivity index (χ1v) is 20.3. The van der Waals surface area contributed by atoms with Gasteiger partial charge in [0.05, 0.1) is 23.4 Å². The van der Waals surface area contributed by atoms with Crippen molar-refractivity contribution >= 4 is 43.1 Å². The summed E-state index contributed by atoms with van der Waals surface area (Å²) in [6.07, 6.45) is -0.731. The maximum atomic E-state index is 14.4. The van der Waals surface area contributed by atoms with E-state index in [0.29, 0.717) is 16.7 Å². The molecule has 1 N–H and O–H groups in total. The van der Waals surface area contributed by atoms with Crippen LogP contribution in [0.2, 0.25) is 0 Å². The summed E-state index contributed by atoms with van der Waals surface area (Å²) in [4.78, 5) is 41.9. The number of methoxy groups -OCH3 is 1. The fraction of sp³-hybridized carbons (Fsp3) is 0.188. The zero-order valence-electron chi connectivity index (χ0n) is 33.0. The molecule has 6 aromatic carbocycles. The summed E-state index contributed by atoms with van der Waals surface area (Å²) in [5.41, 5.74) is 3.98. The van der Waals surface area contributed by atoms with E-state index in [1.807, 2.05) is 140 Å². The first kappa shape index (κ1) is 41.3. The predicted molar refractivity (Wildman–Crippen MR) is 226 cm³/mol. The van der Waals surface area contributed by atoms with Gasteiger partial charge in [-0.2, -0.15) is 0 Å². The van der Waals surface area contributed by atoms with Crippen molar-refractivity contribution in [3.63, 3.8) is 0 Å². The summed E-state index contributed by atoms with van der Waals surface area (Å²) in [5.74, 6) is -1.31. The molecule has 6 aromatic rings. The molecule has 0 fully saturated rings. The summed E-state index contributed by atoms with van der Waals surface area (Å²) < 4.78 is 29.1. The summed E-state index contributed by atoms with van der Waals surface area (Å²) in [5, 5.41) is 4.82. The molecule has 0 unspecified atom stereocenters. The third-order valence-corrected chi connectivity index (χ3v) is 11.5. The summed E-state index contributed by atoms with van der Waals surface area (Å²) in [6, 6.07) is 47.4. The third-order valence-electron chi connectivity index (χ3n) is 9.32. The van der Waals surface area contributed by atoms with Crippen LogP contribution in [0.1, 0.15) is 63.7 Å². The molecular weight excluding hydrogens is 747 g/mol. The number of anilines is 1. The predicted octanol–water partition coefficient (Wildman–Crippen LogP) is 8.84. The number of rotatable bonds is 15. The van der Waals surface area contributed by atoms with Gasteiger partial charge < -0.3 is 23.4 Å². The molecule has 1 radical (unpaired) electrons. The lowest BCUT2D eigenvalue weighted by Crippen LogP contribution is -2.44. The monoisotopic (exact) mass is 792 g/mol. The van der Waals surface area contributed by atoms with Gasteiger partial charge in [0.2, 0.25) is 0 Å². The highest BCUT2D eigenvalue weighted by Crippen LogP contribution is 2.37. The lowest BCUT2D eigenvalue weighted by Gasteiger charge is -2.24. The van der Waals surface area contributed by atoms with Crippen molar-refractivity contribution in [3.8, 4) is 11.1 Å². The molecule has 0 heterocycles. The summed E-state index contributed by atoms with van der Waals surface area (Å²) in [6.45, 7) is 5.79. The van der Waals surface area contributed by atoms with E-state index in [2.05, 4.69) is 26.1 Å². The van der Waals surface area contributed by atoms with Gasteiger partial charge in [-0.25, -0.2) is 14.4 Å². The number of hydrogen-bond donors (Lipinski definition) is 1. The standard InChI is InChI=1S/C48H46NO8Si/c1-48(2,3)36-25-26-39(41(29-36)45(50)54-30-34-17-9-5-10-18-34)40-27-28-43(49-47(52)55-31-35-19-11-6-12-20-35)42(44(40)46(51)56-33-53-4)32-57-58(37-21-13-7-14-22-37)38-23-15-8-16-24-38/h5-29H,30-33H2,1-4H3,(H,49,52). The van der Waals surface area contributed by atoms with Crippen LogP contribution in [0.3, 0.4) is 0 Å². The fourth-order valence-corrected chi connectivity index (χ4v) is 8.24. The minimum atomic E-state index is -1.89. The Hall–Kier alpha value is -6.33. The van der Waals surface area contributed by atoms with Crippen LogP contribution in [0, 0.1) is 0 Å². The Labute approximate surface area is 341 Å². The Morgan fingerprint density at radius 3 is 1.67 bits per heavy atom. The van der Waals surface area contributed by atoms with E-state index in [1.165, 1.54) is 7.11 Å². The molecule has 6 rings (SSSR count). The van der Waals surface area contributed by atoms with Crippen LogP contribution in [0.25, 0.3) is 11.1 Å². The van der Waals surface area contributed by atoms with Crippen molar-refractivity contribution in [2.75, 3.05) is 19.2 Å². The molecule has 0 aliphatic rings.